The molecule has 0 saturated carbocycles. The molecule has 0 saturated heterocycles. The molecule has 0 spiro atoms. The summed E-state index contributed by atoms with van der Waals surface area (Å²) in [6.07, 6.45) is 1.37. The maximum atomic E-state index is 12.8. The summed E-state index contributed by atoms with van der Waals surface area (Å²) in [7, 11) is 1.49. The van der Waals surface area contributed by atoms with Gasteiger partial charge in [-0.25, -0.2) is 4.98 Å². The van der Waals surface area contributed by atoms with Crippen LogP contribution in [-0.4, -0.2) is 41.6 Å². The van der Waals surface area contributed by atoms with Gasteiger partial charge in [-0.3, -0.25) is 9.59 Å². The van der Waals surface area contributed by atoms with Gasteiger partial charge in [-0.15, -0.1) is 0 Å². The zero-order valence-electron chi connectivity index (χ0n) is 17.7. The first-order valence-electron chi connectivity index (χ1n) is 10.1. The SMILES string of the molecule is COCC(=O)NCCCc1nc2ccccc2n1CC(=O)Nc1c(C)cccc1C. The van der Waals surface area contributed by atoms with Crippen molar-refractivity contribution in [3.05, 3.63) is 59.4 Å². The Bertz CT molecular complexity index is 1020. The number of nitrogens with zero attached hydrogens (tertiary/aromatic N) is 2. The van der Waals surface area contributed by atoms with Crippen LogP contribution in [0.2, 0.25) is 0 Å². The molecule has 0 aliphatic rings. The molecule has 3 aromatic rings. The van der Waals surface area contributed by atoms with Gasteiger partial charge in [-0.1, -0.05) is 30.3 Å². The fourth-order valence-electron chi connectivity index (χ4n) is 3.48. The fourth-order valence-corrected chi connectivity index (χ4v) is 3.48. The van der Waals surface area contributed by atoms with E-state index < -0.39 is 0 Å². The van der Waals surface area contributed by atoms with E-state index in [9.17, 15) is 9.59 Å². The fraction of sp³-hybridized carbons (Fsp3) is 0.348. The number of fused-ring (bicyclic) bond motifs is 1. The highest BCUT2D eigenvalue weighted by Gasteiger charge is 2.15. The van der Waals surface area contributed by atoms with Crippen molar-refractivity contribution < 1.29 is 14.3 Å². The van der Waals surface area contributed by atoms with Crippen molar-refractivity contribution in [1.82, 2.24) is 14.9 Å². The smallest absolute Gasteiger partial charge is 0.245 e. The summed E-state index contributed by atoms with van der Waals surface area (Å²) < 4.78 is 6.77. The maximum absolute atomic E-state index is 12.8. The number of methoxy groups -OCH3 is 1. The third-order valence-corrected chi connectivity index (χ3v) is 4.96. The molecule has 0 radical (unpaired) electrons. The molecule has 0 fully saturated rings. The number of benzene rings is 2. The van der Waals surface area contributed by atoms with Crippen LogP contribution in [0, 0.1) is 13.8 Å². The first kappa shape index (κ1) is 21.5. The van der Waals surface area contributed by atoms with Crippen LogP contribution < -0.4 is 10.6 Å². The van der Waals surface area contributed by atoms with Crippen LogP contribution in [0.5, 0.6) is 0 Å². The number of hydrogen-bond acceptors (Lipinski definition) is 4. The lowest BCUT2D eigenvalue weighted by Crippen LogP contribution is -2.28. The Kier molecular flexibility index (Phi) is 7.19. The number of aryl methyl sites for hydroxylation is 3. The third kappa shape index (κ3) is 5.24. The quantitative estimate of drug-likeness (QED) is 0.533. The van der Waals surface area contributed by atoms with Gasteiger partial charge in [0.15, 0.2) is 0 Å². The summed E-state index contributed by atoms with van der Waals surface area (Å²) in [6.45, 7) is 4.73. The normalized spacial score (nSPS) is 10.9. The Balaban J connectivity index is 1.73. The number of anilines is 1. The number of carbonyl (C=O) groups excluding carboxylic acids is 2. The molecule has 2 N–H and O–H groups in total. The van der Waals surface area contributed by atoms with Gasteiger partial charge in [-0.2, -0.15) is 0 Å². The van der Waals surface area contributed by atoms with E-state index >= 15 is 0 Å². The molecule has 0 aliphatic carbocycles. The molecule has 158 valence electrons. The lowest BCUT2D eigenvalue weighted by Gasteiger charge is -2.13. The first-order chi connectivity index (χ1) is 14.5. The lowest BCUT2D eigenvalue weighted by molar-refractivity contribution is -0.124. The molecule has 1 heterocycles. The molecule has 0 atom stereocenters. The number of carbonyl (C=O) groups is 2. The molecule has 7 nitrogen and oxygen atoms in total. The predicted molar refractivity (Wildman–Crippen MR) is 117 cm³/mol. The van der Waals surface area contributed by atoms with E-state index in [1.165, 1.54) is 7.11 Å². The van der Waals surface area contributed by atoms with Crippen LogP contribution in [0.25, 0.3) is 11.0 Å². The number of aromatic nitrogens is 2. The summed E-state index contributed by atoms with van der Waals surface area (Å²) in [6, 6.07) is 13.7. The highest BCUT2D eigenvalue weighted by Crippen LogP contribution is 2.21. The van der Waals surface area contributed by atoms with Crippen molar-refractivity contribution in [2.45, 2.75) is 33.2 Å². The van der Waals surface area contributed by atoms with Crippen molar-refractivity contribution in [3.63, 3.8) is 0 Å². The standard InChI is InChI=1S/C23H28N4O3/c1-16-8-6-9-17(2)23(16)26-21(28)14-27-19-11-5-4-10-18(19)25-20(27)12-7-13-24-22(29)15-30-3/h4-6,8-11H,7,12-15H2,1-3H3,(H,24,29)(H,26,28). The number of hydrogen-bond donors (Lipinski definition) is 2. The molecule has 0 aliphatic heterocycles. The summed E-state index contributed by atoms with van der Waals surface area (Å²) in [5.41, 5.74) is 4.70. The second kappa shape index (κ2) is 10.0. The summed E-state index contributed by atoms with van der Waals surface area (Å²) in [4.78, 5) is 29.1. The van der Waals surface area contributed by atoms with Gasteiger partial charge >= 0.3 is 0 Å². The molecule has 7 heteroatoms. The van der Waals surface area contributed by atoms with E-state index in [2.05, 4.69) is 10.6 Å². The summed E-state index contributed by atoms with van der Waals surface area (Å²) in [5, 5.41) is 5.86. The van der Waals surface area contributed by atoms with E-state index in [4.69, 9.17) is 9.72 Å². The minimum absolute atomic E-state index is 0.0526. The lowest BCUT2D eigenvalue weighted by atomic mass is 10.1. The number of ether oxygens (including phenoxy) is 1. The highest BCUT2D eigenvalue weighted by molar-refractivity contribution is 5.93. The number of nitrogens with one attached hydrogen (secondary N) is 2. The molecule has 2 amide bonds. The monoisotopic (exact) mass is 408 g/mol. The van der Waals surface area contributed by atoms with E-state index in [0.717, 1.165) is 40.1 Å². The Hall–Kier alpha value is -3.19. The van der Waals surface area contributed by atoms with Gasteiger partial charge in [0.05, 0.1) is 11.0 Å². The molecule has 3 rings (SSSR count). The van der Waals surface area contributed by atoms with Crippen molar-refractivity contribution in [3.8, 4) is 0 Å². The third-order valence-electron chi connectivity index (χ3n) is 4.96. The van der Waals surface area contributed by atoms with Crippen LogP contribution in [-0.2, 0) is 27.3 Å². The molecule has 2 aromatic carbocycles. The molecular formula is C23H28N4O3. The summed E-state index contributed by atoms with van der Waals surface area (Å²) >= 11 is 0. The molecular weight excluding hydrogens is 380 g/mol. The topological polar surface area (TPSA) is 85.2 Å². The van der Waals surface area contributed by atoms with Gasteiger partial charge in [0.1, 0.15) is 19.0 Å². The Morgan fingerprint density at radius 3 is 2.50 bits per heavy atom. The van der Waals surface area contributed by atoms with Crippen LogP contribution in [0.4, 0.5) is 5.69 Å². The van der Waals surface area contributed by atoms with Crippen LogP contribution >= 0.6 is 0 Å². The second-order valence-corrected chi connectivity index (χ2v) is 7.30. The van der Waals surface area contributed by atoms with Gasteiger partial charge in [0, 0.05) is 25.8 Å². The van der Waals surface area contributed by atoms with E-state index in [-0.39, 0.29) is 25.0 Å². The average Bonchev–Trinajstić information content (AvgIpc) is 3.06. The zero-order valence-corrected chi connectivity index (χ0v) is 17.7. The number of imidazole rings is 1. The molecule has 30 heavy (non-hydrogen) atoms. The highest BCUT2D eigenvalue weighted by atomic mass is 16.5. The Morgan fingerprint density at radius 2 is 1.77 bits per heavy atom. The average molecular weight is 409 g/mol. The molecule has 0 unspecified atom stereocenters. The van der Waals surface area contributed by atoms with Gasteiger partial charge in [0.2, 0.25) is 11.8 Å². The van der Waals surface area contributed by atoms with E-state index in [1.807, 2.05) is 60.9 Å². The maximum Gasteiger partial charge on any atom is 0.245 e. The number of para-hydroxylation sites is 3. The van der Waals surface area contributed by atoms with E-state index in [1.54, 1.807) is 0 Å². The Morgan fingerprint density at radius 1 is 1.03 bits per heavy atom. The number of amides is 2. The van der Waals surface area contributed by atoms with Crippen molar-refractivity contribution in [1.29, 1.82) is 0 Å². The molecule has 0 bridgehead atoms. The molecule has 1 aromatic heterocycles. The van der Waals surface area contributed by atoms with Gasteiger partial charge in [-0.05, 0) is 43.5 Å². The van der Waals surface area contributed by atoms with Gasteiger partial charge < -0.3 is 19.9 Å². The second-order valence-electron chi connectivity index (χ2n) is 7.30. The van der Waals surface area contributed by atoms with E-state index in [0.29, 0.717) is 13.0 Å². The van der Waals surface area contributed by atoms with Crippen molar-refractivity contribution in [2.24, 2.45) is 0 Å². The first-order valence-corrected chi connectivity index (χ1v) is 10.1. The van der Waals surface area contributed by atoms with Crippen LogP contribution in [0.1, 0.15) is 23.4 Å². The van der Waals surface area contributed by atoms with Gasteiger partial charge in [0.25, 0.3) is 0 Å². The van der Waals surface area contributed by atoms with Crippen molar-refractivity contribution >= 4 is 28.5 Å². The Labute approximate surface area is 176 Å². The minimum atomic E-state index is -0.140. The summed E-state index contributed by atoms with van der Waals surface area (Å²) in [5.74, 6) is 0.595. The number of rotatable bonds is 9. The zero-order chi connectivity index (χ0) is 21.5. The minimum Gasteiger partial charge on any atom is -0.375 e. The van der Waals surface area contributed by atoms with Crippen LogP contribution in [0.3, 0.4) is 0 Å². The predicted octanol–water partition coefficient (Wildman–Crippen LogP) is 2.99. The van der Waals surface area contributed by atoms with Crippen molar-refractivity contribution in [2.75, 3.05) is 25.6 Å². The largest absolute Gasteiger partial charge is 0.375 e. The van der Waals surface area contributed by atoms with Crippen LogP contribution in [0.15, 0.2) is 42.5 Å².